The topological polar surface area (TPSA) is 145 Å². The summed E-state index contributed by atoms with van der Waals surface area (Å²) in [4.78, 5) is 53.2. The Bertz CT molecular complexity index is 488. The molecule has 0 aliphatic heterocycles. The van der Waals surface area contributed by atoms with E-state index >= 15 is 0 Å². The zero-order valence-electron chi connectivity index (χ0n) is 14.0. The number of carbonyl (C=O) groups is 3. The molecule has 0 aliphatic rings. The number of nitrogens with one attached hydrogen (secondary N) is 3. The Balaban J connectivity index is 5.17. The Labute approximate surface area is 135 Å². The van der Waals surface area contributed by atoms with Gasteiger partial charge in [0.1, 0.15) is 12.1 Å². The van der Waals surface area contributed by atoms with Crippen molar-refractivity contribution in [1.29, 1.82) is 0 Å². The SMILES string of the molecule is CNC(=O)C(NC(=O)C(CC(C)C)NC(=O)P(=O)(O)O)C(C)C. The first kappa shape index (κ1) is 21.6. The van der Waals surface area contributed by atoms with E-state index in [9.17, 15) is 18.9 Å². The number of likely N-dealkylation sites (N-methyl/N-ethyl adjacent to an activating group) is 1. The summed E-state index contributed by atoms with van der Waals surface area (Å²) in [6.07, 6.45) is 0.177. The van der Waals surface area contributed by atoms with Crippen LogP contribution in [0.5, 0.6) is 0 Å². The normalized spacial score (nSPS) is 14.3. The second-order valence-electron chi connectivity index (χ2n) is 6.02. The number of carbonyl (C=O) groups excluding carboxylic acids is 3. The number of amides is 3. The van der Waals surface area contributed by atoms with Gasteiger partial charge in [-0.1, -0.05) is 27.7 Å². The Kier molecular flexibility index (Phi) is 8.44. The summed E-state index contributed by atoms with van der Waals surface area (Å²) < 4.78 is 10.9. The second kappa shape index (κ2) is 9.00. The van der Waals surface area contributed by atoms with Gasteiger partial charge in [-0.25, -0.2) is 4.57 Å². The third kappa shape index (κ3) is 7.58. The first-order valence-corrected chi connectivity index (χ1v) is 8.89. The van der Waals surface area contributed by atoms with E-state index in [1.165, 1.54) is 7.05 Å². The molecule has 23 heavy (non-hydrogen) atoms. The molecule has 0 spiro atoms. The highest BCUT2D eigenvalue weighted by molar-refractivity contribution is 7.69. The predicted octanol–water partition coefficient (Wildman–Crippen LogP) is 0.175. The molecule has 9 nitrogen and oxygen atoms in total. The van der Waals surface area contributed by atoms with Gasteiger partial charge >= 0.3 is 13.2 Å². The summed E-state index contributed by atoms with van der Waals surface area (Å²) in [7, 11) is -3.55. The molecule has 134 valence electrons. The molecule has 0 rings (SSSR count). The van der Waals surface area contributed by atoms with Crippen LogP contribution in [0.25, 0.3) is 0 Å². The second-order valence-corrected chi connectivity index (χ2v) is 7.51. The maximum absolute atomic E-state index is 12.3. The fourth-order valence-electron chi connectivity index (χ4n) is 1.88. The Hall–Kier alpha value is -1.44. The van der Waals surface area contributed by atoms with Gasteiger partial charge in [0.15, 0.2) is 0 Å². The van der Waals surface area contributed by atoms with E-state index in [2.05, 4.69) is 10.6 Å². The van der Waals surface area contributed by atoms with Gasteiger partial charge in [-0.15, -0.1) is 0 Å². The number of hydrogen-bond donors (Lipinski definition) is 5. The summed E-state index contributed by atoms with van der Waals surface area (Å²) in [5.41, 5.74) is -1.51. The van der Waals surface area contributed by atoms with Crippen LogP contribution in [0.2, 0.25) is 0 Å². The van der Waals surface area contributed by atoms with Crippen molar-refractivity contribution in [3.8, 4) is 0 Å². The molecule has 0 aliphatic carbocycles. The molecule has 0 heterocycles. The standard InChI is InChI=1S/C13H26N3O6P/c1-7(2)6-9(15-13(19)23(20,21)22)11(17)16-10(8(3)4)12(18)14-5/h7-10H,6H2,1-5H3,(H,14,18)(H,15,19)(H,16,17)(H2,20,21,22). The quantitative estimate of drug-likeness (QED) is 0.394. The summed E-state index contributed by atoms with van der Waals surface area (Å²) in [6, 6.07) is -1.95. The highest BCUT2D eigenvalue weighted by Crippen LogP contribution is 2.35. The Morgan fingerprint density at radius 3 is 1.87 bits per heavy atom. The largest absolute Gasteiger partial charge is 0.413 e. The van der Waals surface area contributed by atoms with Crippen LogP contribution in [0, 0.1) is 11.8 Å². The van der Waals surface area contributed by atoms with Crippen LogP contribution in [0.15, 0.2) is 0 Å². The van der Waals surface area contributed by atoms with Crippen LogP contribution in [0.4, 0.5) is 4.79 Å². The van der Waals surface area contributed by atoms with Gasteiger partial charge in [0.2, 0.25) is 11.8 Å². The van der Waals surface area contributed by atoms with E-state index in [0.29, 0.717) is 0 Å². The summed E-state index contributed by atoms with van der Waals surface area (Å²) in [5, 5.41) is 6.99. The smallest absolute Gasteiger partial charge is 0.357 e. The summed E-state index contributed by atoms with van der Waals surface area (Å²) >= 11 is 0. The molecule has 5 N–H and O–H groups in total. The van der Waals surface area contributed by atoms with Gasteiger partial charge in [-0.05, 0) is 18.3 Å². The lowest BCUT2D eigenvalue weighted by atomic mass is 10.00. The average molecular weight is 351 g/mol. The van der Waals surface area contributed by atoms with E-state index in [-0.39, 0.29) is 18.3 Å². The Morgan fingerprint density at radius 2 is 1.52 bits per heavy atom. The van der Waals surface area contributed by atoms with E-state index in [1.54, 1.807) is 27.7 Å². The molecule has 0 radical (unpaired) electrons. The molecule has 10 heteroatoms. The highest BCUT2D eigenvalue weighted by atomic mass is 31.2. The van der Waals surface area contributed by atoms with Crippen molar-refractivity contribution in [3.63, 3.8) is 0 Å². The molecule has 0 bridgehead atoms. The third-order valence-corrected chi connectivity index (χ3v) is 3.74. The fraction of sp³-hybridized carbons (Fsp3) is 0.769. The molecule has 0 saturated carbocycles. The molecule has 3 amide bonds. The van der Waals surface area contributed by atoms with Crippen molar-refractivity contribution in [3.05, 3.63) is 0 Å². The van der Waals surface area contributed by atoms with Crippen LogP contribution in [0.3, 0.4) is 0 Å². The van der Waals surface area contributed by atoms with Gasteiger partial charge in [-0.3, -0.25) is 14.4 Å². The van der Waals surface area contributed by atoms with Crippen molar-refractivity contribution in [2.45, 2.75) is 46.2 Å². The first-order valence-electron chi connectivity index (χ1n) is 7.28. The third-order valence-electron chi connectivity index (χ3n) is 3.08. The number of hydrogen-bond acceptors (Lipinski definition) is 4. The van der Waals surface area contributed by atoms with Crippen molar-refractivity contribution < 1.29 is 28.7 Å². The van der Waals surface area contributed by atoms with Gasteiger partial charge < -0.3 is 25.7 Å². The molecule has 2 atom stereocenters. The first-order chi connectivity index (χ1) is 10.4. The highest BCUT2D eigenvalue weighted by Gasteiger charge is 2.33. The molecule has 0 aromatic carbocycles. The molecule has 2 unspecified atom stereocenters. The van der Waals surface area contributed by atoms with Crippen molar-refractivity contribution in [2.75, 3.05) is 7.05 Å². The minimum atomic E-state index is -4.98. The molecular formula is C13H26N3O6P. The van der Waals surface area contributed by atoms with Crippen molar-refractivity contribution >= 4 is 25.1 Å². The van der Waals surface area contributed by atoms with Crippen LogP contribution in [-0.4, -0.2) is 46.4 Å². The minimum absolute atomic E-state index is 0.0136. The maximum Gasteiger partial charge on any atom is 0.413 e. The zero-order valence-corrected chi connectivity index (χ0v) is 14.9. The molecule has 0 aromatic rings. The van der Waals surface area contributed by atoms with E-state index in [0.717, 1.165) is 0 Å². The Morgan fingerprint density at radius 1 is 1.00 bits per heavy atom. The molecule has 0 aromatic heterocycles. The maximum atomic E-state index is 12.3. The summed E-state index contributed by atoms with van der Waals surface area (Å²) in [6.45, 7) is 7.07. The molecular weight excluding hydrogens is 325 g/mol. The lowest BCUT2D eigenvalue weighted by Gasteiger charge is -2.25. The predicted molar refractivity (Wildman–Crippen MR) is 84.7 cm³/mol. The van der Waals surface area contributed by atoms with Gasteiger partial charge in [0.05, 0.1) is 0 Å². The summed E-state index contributed by atoms with van der Waals surface area (Å²) in [5.74, 6) is -1.27. The van der Waals surface area contributed by atoms with E-state index < -0.39 is 37.1 Å². The molecule has 0 fully saturated rings. The minimum Gasteiger partial charge on any atom is -0.357 e. The fourth-order valence-corrected chi connectivity index (χ4v) is 2.20. The lowest BCUT2D eigenvalue weighted by Crippen LogP contribution is -2.55. The van der Waals surface area contributed by atoms with E-state index in [4.69, 9.17) is 9.79 Å². The zero-order chi connectivity index (χ0) is 18.4. The van der Waals surface area contributed by atoms with Gasteiger partial charge in [0, 0.05) is 7.05 Å². The van der Waals surface area contributed by atoms with Crippen molar-refractivity contribution in [2.24, 2.45) is 11.8 Å². The monoisotopic (exact) mass is 351 g/mol. The van der Waals surface area contributed by atoms with E-state index in [1.807, 2.05) is 5.32 Å². The van der Waals surface area contributed by atoms with Gasteiger partial charge in [-0.2, -0.15) is 0 Å². The van der Waals surface area contributed by atoms with Crippen molar-refractivity contribution in [1.82, 2.24) is 16.0 Å². The van der Waals surface area contributed by atoms with Crippen LogP contribution in [-0.2, 0) is 14.2 Å². The lowest BCUT2D eigenvalue weighted by molar-refractivity contribution is -0.130. The average Bonchev–Trinajstić information content (AvgIpc) is 2.40. The van der Waals surface area contributed by atoms with Crippen LogP contribution >= 0.6 is 7.60 Å². The van der Waals surface area contributed by atoms with Gasteiger partial charge in [0.25, 0.3) is 0 Å². The van der Waals surface area contributed by atoms with Crippen LogP contribution < -0.4 is 16.0 Å². The number of rotatable bonds is 8. The molecule has 0 saturated heterocycles. The van der Waals surface area contributed by atoms with Crippen LogP contribution in [0.1, 0.15) is 34.1 Å².